The van der Waals surface area contributed by atoms with Crippen LogP contribution in [0.25, 0.3) is 0 Å². The molecule has 126 valence electrons. The Labute approximate surface area is 144 Å². The molecule has 1 aliphatic carbocycles. The first-order valence-corrected chi connectivity index (χ1v) is 8.66. The molecule has 1 N–H and O–H groups in total. The monoisotopic (exact) mass is 323 g/mol. The summed E-state index contributed by atoms with van der Waals surface area (Å²) in [6, 6.07) is 17.8. The van der Waals surface area contributed by atoms with E-state index in [1.165, 1.54) is 5.56 Å². The molecule has 2 aromatic rings. The largest absolute Gasteiger partial charge is 0.493 e. The Hall–Kier alpha value is -2.29. The van der Waals surface area contributed by atoms with Gasteiger partial charge in [-0.25, -0.2) is 0 Å². The van der Waals surface area contributed by atoms with Crippen LogP contribution in [0.15, 0.2) is 54.6 Å². The van der Waals surface area contributed by atoms with Gasteiger partial charge in [0.05, 0.1) is 6.61 Å². The zero-order chi connectivity index (χ0) is 17.0. The highest BCUT2D eigenvalue weighted by Gasteiger charge is 2.44. The molecule has 0 aromatic heterocycles. The lowest BCUT2D eigenvalue weighted by molar-refractivity contribution is 0.0949. The van der Waals surface area contributed by atoms with Crippen molar-refractivity contribution in [2.24, 2.45) is 5.92 Å². The molecule has 1 fully saturated rings. The van der Waals surface area contributed by atoms with Gasteiger partial charge in [0, 0.05) is 17.5 Å². The van der Waals surface area contributed by atoms with Gasteiger partial charge in [0.15, 0.2) is 0 Å². The van der Waals surface area contributed by atoms with Crippen LogP contribution in [0.2, 0.25) is 0 Å². The van der Waals surface area contributed by atoms with Crippen molar-refractivity contribution >= 4 is 5.91 Å². The molecule has 3 heteroatoms. The standard InChI is InChI=1S/C21H25NO2/c1-16(2)14-24-19-10-8-17(9-11-19)20(23)22-15-21(12-13-21)18-6-4-3-5-7-18/h3-11,16H,12-15H2,1-2H3,(H,22,23). The fourth-order valence-corrected chi connectivity index (χ4v) is 2.83. The summed E-state index contributed by atoms with van der Waals surface area (Å²) in [4.78, 5) is 12.4. The SMILES string of the molecule is CC(C)COc1ccc(C(=O)NCC2(c3ccccc3)CC2)cc1. The lowest BCUT2D eigenvalue weighted by Crippen LogP contribution is -2.32. The van der Waals surface area contributed by atoms with Crippen molar-refractivity contribution in [1.29, 1.82) is 0 Å². The second-order valence-electron chi connectivity index (χ2n) is 7.06. The lowest BCUT2D eigenvalue weighted by Gasteiger charge is -2.16. The van der Waals surface area contributed by atoms with E-state index in [9.17, 15) is 4.79 Å². The fraction of sp³-hybridized carbons (Fsp3) is 0.381. The first-order valence-electron chi connectivity index (χ1n) is 8.66. The van der Waals surface area contributed by atoms with Crippen LogP contribution in [0.1, 0.15) is 42.6 Å². The summed E-state index contributed by atoms with van der Waals surface area (Å²) in [5, 5.41) is 3.09. The van der Waals surface area contributed by atoms with Crippen molar-refractivity contribution in [3.05, 3.63) is 65.7 Å². The summed E-state index contributed by atoms with van der Waals surface area (Å²) in [5.41, 5.74) is 2.13. The molecule has 1 amide bonds. The van der Waals surface area contributed by atoms with Crippen LogP contribution in [0.4, 0.5) is 0 Å². The molecule has 2 aromatic carbocycles. The third-order valence-corrected chi connectivity index (χ3v) is 4.53. The van der Waals surface area contributed by atoms with Gasteiger partial charge in [0.1, 0.15) is 5.75 Å². The van der Waals surface area contributed by atoms with Gasteiger partial charge in [-0.05, 0) is 48.6 Å². The smallest absolute Gasteiger partial charge is 0.251 e. The third-order valence-electron chi connectivity index (χ3n) is 4.53. The van der Waals surface area contributed by atoms with Crippen molar-refractivity contribution in [3.63, 3.8) is 0 Å². The van der Waals surface area contributed by atoms with E-state index in [-0.39, 0.29) is 11.3 Å². The van der Waals surface area contributed by atoms with Crippen LogP contribution in [-0.2, 0) is 5.41 Å². The highest BCUT2D eigenvalue weighted by atomic mass is 16.5. The molecule has 1 saturated carbocycles. The number of hydrogen-bond donors (Lipinski definition) is 1. The summed E-state index contributed by atoms with van der Waals surface area (Å²) in [5.74, 6) is 1.27. The van der Waals surface area contributed by atoms with Gasteiger partial charge in [-0.2, -0.15) is 0 Å². The van der Waals surface area contributed by atoms with E-state index in [0.717, 1.165) is 18.6 Å². The normalized spacial score (nSPS) is 15.1. The van der Waals surface area contributed by atoms with E-state index in [1.807, 2.05) is 30.3 Å². The Kier molecular flexibility index (Phi) is 4.89. The topological polar surface area (TPSA) is 38.3 Å². The second kappa shape index (κ2) is 7.08. The molecule has 3 rings (SSSR count). The molecule has 0 unspecified atom stereocenters. The molecule has 0 saturated heterocycles. The summed E-state index contributed by atoms with van der Waals surface area (Å²) in [6.45, 7) is 5.61. The fourth-order valence-electron chi connectivity index (χ4n) is 2.83. The maximum atomic E-state index is 12.4. The molecule has 0 bridgehead atoms. The Morgan fingerprint density at radius 3 is 2.33 bits per heavy atom. The minimum atomic E-state index is -0.0207. The van der Waals surface area contributed by atoms with Crippen LogP contribution in [0.3, 0.4) is 0 Å². The Balaban J connectivity index is 1.56. The first-order chi connectivity index (χ1) is 11.6. The quantitative estimate of drug-likeness (QED) is 0.830. The van der Waals surface area contributed by atoms with Crippen molar-refractivity contribution in [2.75, 3.05) is 13.2 Å². The van der Waals surface area contributed by atoms with Gasteiger partial charge in [-0.15, -0.1) is 0 Å². The minimum Gasteiger partial charge on any atom is -0.493 e. The maximum absolute atomic E-state index is 12.4. The molecular weight excluding hydrogens is 298 g/mol. The van der Waals surface area contributed by atoms with E-state index < -0.39 is 0 Å². The number of ether oxygens (including phenoxy) is 1. The molecule has 0 radical (unpaired) electrons. The zero-order valence-electron chi connectivity index (χ0n) is 14.4. The highest BCUT2D eigenvalue weighted by Crippen LogP contribution is 2.47. The van der Waals surface area contributed by atoms with Crippen LogP contribution < -0.4 is 10.1 Å². The van der Waals surface area contributed by atoms with Gasteiger partial charge in [-0.1, -0.05) is 44.2 Å². The predicted octanol–water partition coefficient (Wildman–Crippen LogP) is 4.18. The molecule has 3 nitrogen and oxygen atoms in total. The number of rotatable bonds is 7. The molecule has 0 spiro atoms. The van der Waals surface area contributed by atoms with Crippen LogP contribution in [0.5, 0.6) is 5.75 Å². The van der Waals surface area contributed by atoms with E-state index in [2.05, 4.69) is 43.4 Å². The minimum absolute atomic E-state index is 0.0207. The zero-order valence-corrected chi connectivity index (χ0v) is 14.4. The van der Waals surface area contributed by atoms with Gasteiger partial charge in [0.25, 0.3) is 5.91 Å². The van der Waals surface area contributed by atoms with Crippen LogP contribution in [0, 0.1) is 5.92 Å². The molecule has 0 aliphatic heterocycles. The molecular formula is C21H25NO2. The van der Waals surface area contributed by atoms with Gasteiger partial charge < -0.3 is 10.1 Å². The lowest BCUT2D eigenvalue weighted by atomic mass is 9.96. The molecule has 0 heterocycles. The average molecular weight is 323 g/mol. The van der Waals surface area contributed by atoms with Crippen LogP contribution >= 0.6 is 0 Å². The Morgan fingerprint density at radius 1 is 1.08 bits per heavy atom. The van der Waals surface area contributed by atoms with Crippen molar-refractivity contribution in [1.82, 2.24) is 5.32 Å². The predicted molar refractivity (Wildman–Crippen MR) is 96.5 cm³/mol. The summed E-state index contributed by atoms with van der Waals surface area (Å²) >= 11 is 0. The summed E-state index contributed by atoms with van der Waals surface area (Å²) in [7, 11) is 0. The number of carbonyl (C=O) groups is 1. The Morgan fingerprint density at radius 2 is 1.75 bits per heavy atom. The van der Waals surface area contributed by atoms with Gasteiger partial charge >= 0.3 is 0 Å². The van der Waals surface area contributed by atoms with Crippen molar-refractivity contribution < 1.29 is 9.53 Å². The van der Waals surface area contributed by atoms with Crippen LogP contribution in [-0.4, -0.2) is 19.1 Å². The first kappa shape index (κ1) is 16.6. The number of amides is 1. The van der Waals surface area contributed by atoms with Crippen molar-refractivity contribution in [2.45, 2.75) is 32.1 Å². The maximum Gasteiger partial charge on any atom is 0.251 e. The number of nitrogens with one attached hydrogen (secondary N) is 1. The summed E-state index contributed by atoms with van der Waals surface area (Å²) < 4.78 is 5.65. The number of hydrogen-bond acceptors (Lipinski definition) is 2. The van der Waals surface area contributed by atoms with E-state index in [1.54, 1.807) is 0 Å². The third kappa shape index (κ3) is 3.97. The molecule has 0 atom stereocenters. The van der Waals surface area contributed by atoms with E-state index in [4.69, 9.17) is 4.74 Å². The second-order valence-corrected chi connectivity index (χ2v) is 7.06. The average Bonchev–Trinajstić information content (AvgIpc) is 3.40. The number of benzene rings is 2. The van der Waals surface area contributed by atoms with Gasteiger partial charge in [-0.3, -0.25) is 4.79 Å². The summed E-state index contributed by atoms with van der Waals surface area (Å²) in [6.07, 6.45) is 2.28. The number of carbonyl (C=O) groups excluding carboxylic acids is 1. The van der Waals surface area contributed by atoms with Gasteiger partial charge in [0.2, 0.25) is 0 Å². The molecule has 24 heavy (non-hydrogen) atoms. The molecule has 1 aliphatic rings. The van der Waals surface area contributed by atoms with Crippen molar-refractivity contribution in [3.8, 4) is 5.75 Å². The van der Waals surface area contributed by atoms with E-state index >= 15 is 0 Å². The Bertz CT molecular complexity index is 673. The highest BCUT2D eigenvalue weighted by molar-refractivity contribution is 5.94. The van der Waals surface area contributed by atoms with E-state index in [0.29, 0.717) is 24.6 Å².